The molecule has 3 heterocycles. The van der Waals surface area contributed by atoms with Crippen molar-refractivity contribution < 1.29 is 9.13 Å². The topological polar surface area (TPSA) is 80.6 Å². The fraction of sp³-hybridized carbons (Fsp3) is 0.522. The Morgan fingerprint density at radius 2 is 2.03 bits per heavy atom. The lowest BCUT2D eigenvalue weighted by molar-refractivity contribution is 0.411. The number of nitrogen functional groups attached to an aromatic ring is 1. The fourth-order valence-electron chi connectivity index (χ4n) is 5.23. The molecule has 0 radical (unpaired) electrons. The number of ether oxygens (including phenoxy) is 1. The quantitative estimate of drug-likeness (QED) is 0.738. The number of rotatable bonds is 4. The van der Waals surface area contributed by atoms with Crippen molar-refractivity contribution in [2.45, 2.75) is 51.1 Å². The van der Waals surface area contributed by atoms with Gasteiger partial charge in [0, 0.05) is 30.7 Å². The third-order valence-corrected chi connectivity index (χ3v) is 7.98. The Bertz CT molecular complexity index is 1100. The highest BCUT2D eigenvalue weighted by molar-refractivity contribution is 7.11. The van der Waals surface area contributed by atoms with Crippen molar-refractivity contribution in [1.29, 1.82) is 0 Å². The maximum absolute atomic E-state index is 15.8. The highest BCUT2D eigenvalue weighted by Crippen LogP contribution is 2.60. The van der Waals surface area contributed by atoms with Crippen LogP contribution in [0, 0.1) is 11.7 Å². The van der Waals surface area contributed by atoms with E-state index in [1.165, 1.54) is 17.1 Å². The van der Waals surface area contributed by atoms with Crippen LogP contribution in [0.2, 0.25) is 0 Å². The van der Waals surface area contributed by atoms with Gasteiger partial charge in [0.1, 0.15) is 16.5 Å². The lowest BCUT2D eigenvalue weighted by Gasteiger charge is -2.35. The van der Waals surface area contributed by atoms with E-state index in [2.05, 4.69) is 14.2 Å². The zero-order chi connectivity index (χ0) is 21.4. The van der Waals surface area contributed by atoms with E-state index in [0.717, 1.165) is 72.6 Å². The van der Waals surface area contributed by atoms with Crippen LogP contribution in [-0.2, 0) is 0 Å². The number of hydrogen-bond donors (Lipinski definition) is 2. The lowest BCUT2D eigenvalue weighted by Crippen LogP contribution is -2.31. The van der Waals surface area contributed by atoms with Crippen LogP contribution < -0.4 is 26.0 Å². The van der Waals surface area contributed by atoms with E-state index in [9.17, 15) is 0 Å². The van der Waals surface area contributed by atoms with Gasteiger partial charge in [0.15, 0.2) is 11.6 Å². The second-order valence-electron chi connectivity index (χ2n) is 9.32. The Hall–Kier alpha value is -2.32. The molecule has 0 bridgehead atoms. The minimum Gasteiger partial charge on any atom is -0.492 e. The smallest absolute Gasteiger partial charge is 0.169 e. The van der Waals surface area contributed by atoms with Crippen molar-refractivity contribution in [3.05, 3.63) is 28.6 Å². The summed E-state index contributed by atoms with van der Waals surface area (Å²) < 4.78 is 26.3. The van der Waals surface area contributed by atoms with Gasteiger partial charge >= 0.3 is 0 Å². The molecule has 3 fully saturated rings. The molecule has 1 aromatic carbocycles. The number of methoxy groups -OCH3 is 1. The molecule has 31 heavy (non-hydrogen) atoms. The van der Waals surface area contributed by atoms with E-state index >= 15 is 4.39 Å². The van der Waals surface area contributed by atoms with Crippen molar-refractivity contribution in [3.8, 4) is 5.75 Å². The summed E-state index contributed by atoms with van der Waals surface area (Å²) >= 11 is 1.44. The first-order valence-electron chi connectivity index (χ1n) is 11.2. The molecular weight excluding hydrogens is 413 g/mol. The average molecular weight is 442 g/mol. The Morgan fingerprint density at radius 3 is 2.65 bits per heavy atom. The molecule has 0 spiro atoms. The molecule has 6 rings (SSSR count). The van der Waals surface area contributed by atoms with Crippen LogP contribution in [0.25, 0.3) is 5.57 Å². The second kappa shape index (κ2) is 6.84. The van der Waals surface area contributed by atoms with Gasteiger partial charge in [-0.3, -0.25) is 0 Å². The molecule has 1 aromatic heterocycles. The number of anilines is 4. The van der Waals surface area contributed by atoms with Gasteiger partial charge in [-0.1, -0.05) is 5.57 Å². The number of aromatic nitrogens is 1. The number of benzene rings is 1. The largest absolute Gasteiger partial charge is 0.492 e. The van der Waals surface area contributed by atoms with Gasteiger partial charge in [-0.15, -0.1) is 0 Å². The van der Waals surface area contributed by atoms with E-state index in [-0.39, 0.29) is 11.9 Å². The molecule has 164 valence electrons. The number of hydrogen-bond acceptors (Lipinski definition) is 7. The Labute approximate surface area is 185 Å². The summed E-state index contributed by atoms with van der Waals surface area (Å²) in [5.74, 6) is 1.30. The van der Waals surface area contributed by atoms with Crippen molar-refractivity contribution in [2.24, 2.45) is 11.7 Å². The van der Waals surface area contributed by atoms with Gasteiger partial charge in [-0.25, -0.2) is 4.39 Å². The molecule has 1 saturated heterocycles. The van der Waals surface area contributed by atoms with Gasteiger partial charge in [-0.2, -0.15) is 4.37 Å². The molecule has 2 aromatic rings. The molecule has 2 aliphatic heterocycles. The summed E-state index contributed by atoms with van der Waals surface area (Å²) in [7, 11) is 1.66. The number of nitrogens with zero attached hydrogens (tertiary/aromatic N) is 3. The SMILES string of the molecule is COc1c(N2CCC(C(C)N)C2)c(F)cc2c1N(C1CC1)c1snc(N)c1C2=C1CC1. The van der Waals surface area contributed by atoms with Crippen LogP contribution in [0.5, 0.6) is 5.75 Å². The Morgan fingerprint density at radius 1 is 1.26 bits per heavy atom. The maximum Gasteiger partial charge on any atom is 0.169 e. The Balaban J connectivity index is 1.58. The number of fused-ring (bicyclic) bond motifs is 2. The molecule has 2 unspecified atom stereocenters. The summed E-state index contributed by atoms with van der Waals surface area (Å²) in [6, 6.07) is 2.18. The van der Waals surface area contributed by atoms with Gasteiger partial charge < -0.3 is 26.0 Å². The van der Waals surface area contributed by atoms with Crippen molar-refractivity contribution in [1.82, 2.24) is 4.37 Å². The van der Waals surface area contributed by atoms with E-state index in [0.29, 0.717) is 29.2 Å². The summed E-state index contributed by atoms with van der Waals surface area (Å²) in [6.45, 7) is 3.57. The lowest BCUT2D eigenvalue weighted by atomic mass is 9.91. The zero-order valence-electron chi connectivity index (χ0n) is 17.9. The van der Waals surface area contributed by atoms with Crippen LogP contribution >= 0.6 is 11.5 Å². The summed E-state index contributed by atoms with van der Waals surface area (Å²) in [6.07, 6.45) is 5.24. The molecule has 4 N–H and O–H groups in total. The molecular formula is C23H28FN5OS. The highest BCUT2D eigenvalue weighted by Gasteiger charge is 2.44. The third-order valence-electron chi connectivity index (χ3n) is 7.12. The van der Waals surface area contributed by atoms with E-state index < -0.39 is 0 Å². The molecule has 2 atom stereocenters. The zero-order valence-corrected chi connectivity index (χ0v) is 18.8. The number of allylic oxidation sites excluding steroid dienone is 1. The number of halogens is 1. The normalized spacial score (nSPS) is 23.2. The van der Waals surface area contributed by atoms with Crippen LogP contribution in [0.15, 0.2) is 11.6 Å². The maximum atomic E-state index is 15.8. The molecule has 2 saturated carbocycles. The first kappa shape index (κ1) is 19.4. The molecule has 2 aliphatic carbocycles. The molecule has 6 nitrogen and oxygen atoms in total. The predicted octanol–water partition coefficient (Wildman–Crippen LogP) is 4.26. The molecule has 8 heteroatoms. The average Bonchev–Trinajstić information content (AvgIpc) is 3.67. The highest BCUT2D eigenvalue weighted by atomic mass is 32.1. The van der Waals surface area contributed by atoms with Crippen LogP contribution in [0.4, 0.5) is 26.6 Å². The van der Waals surface area contributed by atoms with Crippen molar-refractivity contribution in [2.75, 3.05) is 35.7 Å². The summed E-state index contributed by atoms with van der Waals surface area (Å²) in [5.41, 5.74) is 18.3. The van der Waals surface area contributed by atoms with Crippen molar-refractivity contribution >= 4 is 39.3 Å². The van der Waals surface area contributed by atoms with Gasteiger partial charge in [0.05, 0.1) is 18.4 Å². The van der Waals surface area contributed by atoms with Crippen LogP contribution in [-0.4, -0.2) is 36.7 Å². The van der Waals surface area contributed by atoms with Crippen LogP contribution in [0.1, 0.15) is 50.2 Å². The molecule has 4 aliphatic rings. The summed E-state index contributed by atoms with van der Waals surface area (Å²) in [5, 5.41) is 1.08. The first-order valence-corrected chi connectivity index (χ1v) is 11.9. The summed E-state index contributed by atoms with van der Waals surface area (Å²) in [4.78, 5) is 4.44. The van der Waals surface area contributed by atoms with Gasteiger partial charge in [0.2, 0.25) is 0 Å². The van der Waals surface area contributed by atoms with Gasteiger partial charge in [-0.05, 0) is 68.1 Å². The van der Waals surface area contributed by atoms with E-state index in [4.69, 9.17) is 16.2 Å². The van der Waals surface area contributed by atoms with E-state index in [1.807, 2.05) is 6.92 Å². The monoisotopic (exact) mass is 441 g/mol. The first-order chi connectivity index (χ1) is 15.0. The predicted molar refractivity (Wildman–Crippen MR) is 124 cm³/mol. The van der Waals surface area contributed by atoms with E-state index in [1.54, 1.807) is 13.2 Å². The van der Waals surface area contributed by atoms with Crippen molar-refractivity contribution in [3.63, 3.8) is 0 Å². The second-order valence-corrected chi connectivity index (χ2v) is 10.1. The van der Waals surface area contributed by atoms with Crippen LogP contribution in [0.3, 0.4) is 0 Å². The fourth-order valence-corrected chi connectivity index (χ4v) is 6.14. The molecule has 0 amide bonds. The van der Waals surface area contributed by atoms with Gasteiger partial charge in [0.25, 0.3) is 0 Å². The minimum atomic E-state index is -0.236. The minimum absolute atomic E-state index is 0.0913. The number of nitrogens with two attached hydrogens (primary N) is 2. The Kier molecular flexibility index (Phi) is 4.27. The third kappa shape index (κ3) is 2.88. The standard InChI is InChI=1S/C23H28FN5OS/c1-11(25)13-7-8-28(10-13)20-16(24)9-15-17(12-3-4-12)18-22(26)27-31-23(18)29(14-5-6-14)19(15)21(20)30-2/h9,11,13-14H,3-8,10,25H2,1-2H3,(H2,26,27).